The first-order chi connectivity index (χ1) is 7.13. The molecule has 0 aliphatic carbocycles. The van der Waals surface area contributed by atoms with Crippen molar-refractivity contribution in [1.29, 1.82) is 0 Å². The summed E-state index contributed by atoms with van der Waals surface area (Å²) in [6.07, 6.45) is 4.44. The molecular formula is C11H18ClNO2. The smallest absolute Gasteiger partial charge is 0.240 e. The molecule has 4 heteroatoms. The van der Waals surface area contributed by atoms with Crippen LogP contribution in [0.2, 0.25) is 0 Å². The highest BCUT2D eigenvalue weighted by Gasteiger charge is 2.42. The van der Waals surface area contributed by atoms with Gasteiger partial charge in [0.15, 0.2) is 0 Å². The van der Waals surface area contributed by atoms with Crippen LogP contribution in [0.5, 0.6) is 0 Å². The Balaban J connectivity index is 1.96. The summed E-state index contributed by atoms with van der Waals surface area (Å²) in [5, 5.41) is -0.413. The molecule has 0 aromatic rings. The maximum absolute atomic E-state index is 11.7. The van der Waals surface area contributed by atoms with Gasteiger partial charge in [-0.05, 0) is 32.6 Å². The van der Waals surface area contributed by atoms with Crippen LogP contribution in [0.1, 0.15) is 32.6 Å². The van der Waals surface area contributed by atoms with E-state index in [4.69, 9.17) is 16.3 Å². The lowest BCUT2D eigenvalue weighted by Gasteiger charge is -2.33. The van der Waals surface area contributed by atoms with Crippen molar-refractivity contribution in [2.75, 3.05) is 19.7 Å². The maximum Gasteiger partial charge on any atom is 0.240 e. The molecule has 2 rings (SSSR count). The van der Waals surface area contributed by atoms with Crippen LogP contribution in [0, 0.1) is 0 Å². The molecule has 0 radical (unpaired) electrons. The van der Waals surface area contributed by atoms with Crippen molar-refractivity contribution in [3.8, 4) is 0 Å². The van der Waals surface area contributed by atoms with Crippen molar-refractivity contribution >= 4 is 17.5 Å². The number of amides is 1. The molecule has 2 aliphatic rings. The van der Waals surface area contributed by atoms with Crippen LogP contribution in [0.25, 0.3) is 0 Å². The molecule has 2 fully saturated rings. The zero-order chi connectivity index (χ0) is 10.9. The lowest BCUT2D eigenvalue weighted by Crippen LogP contribution is -2.42. The van der Waals surface area contributed by atoms with E-state index in [2.05, 4.69) is 0 Å². The van der Waals surface area contributed by atoms with E-state index >= 15 is 0 Å². The third kappa shape index (κ3) is 2.28. The maximum atomic E-state index is 11.7. The fourth-order valence-electron chi connectivity index (χ4n) is 2.52. The molecular weight excluding hydrogens is 214 g/mol. The van der Waals surface area contributed by atoms with E-state index in [1.165, 1.54) is 6.42 Å². The Morgan fingerprint density at radius 2 is 2.27 bits per heavy atom. The quantitative estimate of drug-likeness (QED) is 0.644. The number of hydrogen-bond donors (Lipinski definition) is 0. The molecule has 2 aliphatic heterocycles. The van der Waals surface area contributed by atoms with Gasteiger partial charge in [-0.25, -0.2) is 0 Å². The molecule has 0 unspecified atom stereocenters. The largest absolute Gasteiger partial charge is 0.373 e. The van der Waals surface area contributed by atoms with Gasteiger partial charge in [-0.3, -0.25) is 4.79 Å². The average molecular weight is 232 g/mol. The highest BCUT2D eigenvalue weighted by atomic mass is 35.5. The number of carbonyl (C=O) groups is 1. The number of hydrogen-bond acceptors (Lipinski definition) is 2. The predicted molar refractivity (Wildman–Crippen MR) is 59.0 cm³/mol. The van der Waals surface area contributed by atoms with Gasteiger partial charge >= 0.3 is 0 Å². The van der Waals surface area contributed by atoms with Crippen LogP contribution in [-0.4, -0.2) is 41.5 Å². The number of ether oxygens (including phenoxy) is 1. The lowest BCUT2D eigenvalue weighted by molar-refractivity contribution is -0.132. The highest BCUT2D eigenvalue weighted by Crippen LogP contribution is 2.34. The minimum absolute atomic E-state index is 0.0420. The van der Waals surface area contributed by atoms with Crippen molar-refractivity contribution in [2.24, 2.45) is 0 Å². The lowest BCUT2D eigenvalue weighted by atomic mass is 9.93. The van der Waals surface area contributed by atoms with Crippen LogP contribution >= 0.6 is 11.6 Å². The molecule has 1 amide bonds. The number of nitrogens with zero attached hydrogens (tertiary/aromatic N) is 1. The van der Waals surface area contributed by atoms with Crippen LogP contribution in [0.4, 0.5) is 0 Å². The summed E-state index contributed by atoms with van der Waals surface area (Å²) in [6, 6.07) is 0. The topological polar surface area (TPSA) is 29.5 Å². The fourth-order valence-corrected chi connectivity index (χ4v) is 2.65. The van der Waals surface area contributed by atoms with Crippen molar-refractivity contribution in [3.05, 3.63) is 0 Å². The Morgan fingerprint density at radius 3 is 2.87 bits per heavy atom. The molecule has 2 heterocycles. The molecule has 0 saturated carbocycles. The first-order valence-corrected chi connectivity index (χ1v) is 6.13. The molecule has 2 atom stereocenters. The third-order valence-corrected chi connectivity index (χ3v) is 3.59. The normalized spacial score (nSPS) is 33.3. The number of likely N-dealkylation sites (tertiary alicyclic amines) is 1. The summed E-state index contributed by atoms with van der Waals surface area (Å²) < 4.78 is 5.85. The van der Waals surface area contributed by atoms with Gasteiger partial charge in [0.1, 0.15) is 5.38 Å². The van der Waals surface area contributed by atoms with Crippen LogP contribution in [0.3, 0.4) is 0 Å². The van der Waals surface area contributed by atoms with E-state index in [0.29, 0.717) is 0 Å². The highest BCUT2D eigenvalue weighted by molar-refractivity contribution is 6.30. The molecule has 3 nitrogen and oxygen atoms in total. The van der Waals surface area contributed by atoms with E-state index in [1.807, 2.05) is 4.90 Å². The average Bonchev–Trinajstić information content (AvgIpc) is 2.62. The Bertz CT molecular complexity index is 249. The number of alkyl halides is 1. The first-order valence-electron chi connectivity index (χ1n) is 5.70. The predicted octanol–water partition coefficient (Wildman–Crippen LogP) is 1.79. The van der Waals surface area contributed by atoms with Crippen LogP contribution in [0.15, 0.2) is 0 Å². The zero-order valence-electron chi connectivity index (χ0n) is 9.17. The fraction of sp³-hybridized carbons (Fsp3) is 0.909. The molecule has 1 spiro atoms. The summed E-state index contributed by atoms with van der Waals surface area (Å²) >= 11 is 5.80. The number of carbonyl (C=O) groups excluding carboxylic acids is 1. The molecule has 2 saturated heterocycles. The molecule has 0 aromatic heterocycles. The SMILES string of the molecule is C[C@@H](Cl)C(=O)N1CC[C@@]2(CCCCO2)C1. The van der Waals surface area contributed by atoms with E-state index in [0.717, 1.165) is 39.0 Å². The van der Waals surface area contributed by atoms with E-state index in [-0.39, 0.29) is 11.5 Å². The summed E-state index contributed by atoms with van der Waals surface area (Å²) in [4.78, 5) is 13.6. The van der Waals surface area contributed by atoms with Crippen molar-refractivity contribution < 1.29 is 9.53 Å². The second-order valence-electron chi connectivity index (χ2n) is 4.61. The van der Waals surface area contributed by atoms with Crippen molar-refractivity contribution in [3.63, 3.8) is 0 Å². The summed E-state index contributed by atoms with van der Waals surface area (Å²) in [6.45, 7) is 4.12. The third-order valence-electron chi connectivity index (χ3n) is 3.40. The van der Waals surface area contributed by atoms with E-state index in [9.17, 15) is 4.79 Å². The minimum atomic E-state index is -0.413. The first kappa shape index (κ1) is 11.2. The standard InChI is InChI=1S/C11H18ClNO2/c1-9(12)10(14)13-6-5-11(8-13)4-2-3-7-15-11/h9H,2-8H2,1H3/t9-,11+/m1/s1. The minimum Gasteiger partial charge on any atom is -0.373 e. The Hall–Kier alpha value is -0.280. The Kier molecular flexibility index (Phi) is 3.21. The van der Waals surface area contributed by atoms with Crippen molar-refractivity contribution in [1.82, 2.24) is 4.90 Å². The molecule has 0 bridgehead atoms. The van der Waals surface area contributed by atoms with Gasteiger partial charge in [-0.15, -0.1) is 11.6 Å². The zero-order valence-corrected chi connectivity index (χ0v) is 9.92. The van der Waals surface area contributed by atoms with Gasteiger partial charge in [-0.1, -0.05) is 0 Å². The summed E-state index contributed by atoms with van der Waals surface area (Å²) in [5.41, 5.74) is -0.0420. The second kappa shape index (κ2) is 4.30. The van der Waals surface area contributed by atoms with Gasteiger partial charge < -0.3 is 9.64 Å². The van der Waals surface area contributed by atoms with Gasteiger partial charge in [0, 0.05) is 19.7 Å². The van der Waals surface area contributed by atoms with Gasteiger partial charge in [0.2, 0.25) is 5.91 Å². The summed E-state index contributed by atoms with van der Waals surface area (Å²) in [5.74, 6) is 0.0442. The second-order valence-corrected chi connectivity index (χ2v) is 5.27. The van der Waals surface area contributed by atoms with Gasteiger partial charge in [0.05, 0.1) is 5.60 Å². The van der Waals surface area contributed by atoms with Crippen LogP contribution in [-0.2, 0) is 9.53 Å². The Morgan fingerprint density at radius 1 is 1.47 bits per heavy atom. The van der Waals surface area contributed by atoms with E-state index in [1.54, 1.807) is 6.92 Å². The molecule has 0 aromatic carbocycles. The van der Waals surface area contributed by atoms with Crippen LogP contribution < -0.4 is 0 Å². The molecule has 0 N–H and O–H groups in total. The van der Waals surface area contributed by atoms with Gasteiger partial charge in [0.25, 0.3) is 0 Å². The molecule has 15 heavy (non-hydrogen) atoms. The molecule has 86 valence electrons. The monoisotopic (exact) mass is 231 g/mol. The number of rotatable bonds is 1. The summed E-state index contributed by atoms with van der Waals surface area (Å²) in [7, 11) is 0. The Labute approximate surface area is 95.7 Å². The van der Waals surface area contributed by atoms with Gasteiger partial charge in [-0.2, -0.15) is 0 Å². The van der Waals surface area contributed by atoms with E-state index < -0.39 is 5.38 Å². The van der Waals surface area contributed by atoms with Crippen molar-refractivity contribution in [2.45, 2.75) is 43.6 Å². The number of halogens is 1.